The quantitative estimate of drug-likeness (QED) is 0.578. The molecule has 5 nitrogen and oxygen atoms in total. The summed E-state index contributed by atoms with van der Waals surface area (Å²) < 4.78 is 0. The molecule has 0 saturated carbocycles. The van der Waals surface area contributed by atoms with Gasteiger partial charge in [0, 0.05) is 57.6 Å². The number of nitrogens with zero attached hydrogens (tertiary/aromatic N) is 4. The lowest BCUT2D eigenvalue weighted by Gasteiger charge is -2.57. The summed E-state index contributed by atoms with van der Waals surface area (Å²) in [4.78, 5) is 24.5. The second-order valence-corrected chi connectivity index (χ2v) is 10.7. The molecule has 0 bridgehead atoms. The fourth-order valence-electron chi connectivity index (χ4n) is 6.99. The number of rotatable bonds is 8. The summed E-state index contributed by atoms with van der Waals surface area (Å²) in [6, 6.07) is 16.3. The highest BCUT2D eigenvalue weighted by Crippen LogP contribution is 2.43. The first-order valence-electron chi connectivity index (χ1n) is 13.3. The van der Waals surface area contributed by atoms with Gasteiger partial charge in [-0.05, 0) is 80.6 Å². The summed E-state index contributed by atoms with van der Waals surface area (Å²) in [5, 5.41) is 0. The molecule has 0 radical (unpaired) electrons. The van der Waals surface area contributed by atoms with Crippen LogP contribution < -0.4 is 0 Å². The van der Waals surface area contributed by atoms with E-state index in [9.17, 15) is 4.79 Å². The molecule has 1 aromatic heterocycles. The van der Waals surface area contributed by atoms with E-state index in [0.717, 1.165) is 42.8 Å². The molecule has 2 aromatic rings. The predicted octanol–water partition coefficient (Wildman–Crippen LogP) is 4.59. The molecule has 4 heterocycles. The van der Waals surface area contributed by atoms with E-state index in [1.165, 1.54) is 50.9 Å². The van der Waals surface area contributed by atoms with Gasteiger partial charge in [-0.2, -0.15) is 0 Å². The first-order valence-corrected chi connectivity index (χ1v) is 13.3. The number of aromatic nitrogens is 1. The normalized spacial score (nSPS) is 27.2. The molecule has 5 rings (SSSR count). The summed E-state index contributed by atoms with van der Waals surface area (Å²) in [6.45, 7) is 5.48. The van der Waals surface area contributed by atoms with Crippen molar-refractivity contribution < 1.29 is 4.79 Å². The van der Waals surface area contributed by atoms with Gasteiger partial charge in [0.15, 0.2) is 0 Å². The van der Waals surface area contributed by atoms with Gasteiger partial charge in [0.1, 0.15) is 0 Å². The molecule has 3 aliphatic rings. The predicted molar refractivity (Wildman–Crippen MR) is 136 cm³/mol. The Morgan fingerprint density at radius 2 is 1.85 bits per heavy atom. The Morgan fingerprint density at radius 3 is 2.65 bits per heavy atom. The lowest BCUT2D eigenvalue weighted by Crippen LogP contribution is -2.64. The van der Waals surface area contributed by atoms with Gasteiger partial charge in [0.25, 0.3) is 0 Å². The Hall–Kier alpha value is -2.24. The van der Waals surface area contributed by atoms with Crippen LogP contribution in [0.15, 0.2) is 54.9 Å². The van der Waals surface area contributed by atoms with Crippen molar-refractivity contribution in [3.63, 3.8) is 0 Å². The largest absolute Gasteiger partial charge is 0.341 e. The first kappa shape index (κ1) is 23.5. The van der Waals surface area contributed by atoms with Crippen LogP contribution in [0.4, 0.5) is 0 Å². The molecule has 5 heteroatoms. The number of carbonyl (C=O) groups is 1. The minimum atomic E-state index is 0.245. The molecule has 3 saturated heterocycles. The molecule has 34 heavy (non-hydrogen) atoms. The maximum absolute atomic E-state index is 12.9. The van der Waals surface area contributed by atoms with Gasteiger partial charge in [0.2, 0.25) is 5.91 Å². The summed E-state index contributed by atoms with van der Waals surface area (Å²) in [5.74, 6) is 1.81. The van der Waals surface area contributed by atoms with E-state index in [4.69, 9.17) is 0 Å². The van der Waals surface area contributed by atoms with Gasteiger partial charge >= 0.3 is 0 Å². The molecular weight excluding hydrogens is 420 g/mol. The second-order valence-electron chi connectivity index (χ2n) is 10.7. The average molecular weight is 461 g/mol. The molecule has 0 aliphatic carbocycles. The Balaban J connectivity index is 1.24. The van der Waals surface area contributed by atoms with Crippen LogP contribution >= 0.6 is 0 Å². The third-order valence-electron chi connectivity index (χ3n) is 8.47. The van der Waals surface area contributed by atoms with Crippen molar-refractivity contribution in [3.05, 3.63) is 66.0 Å². The Morgan fingerprint density at radius 1 is 1.06 bits per heavy atom. The molecule has 0 unspecified atom stereocenters. The fourth-order valence-corrected chi connectivity index (χ4v) is 6.99. The summed E-state index contributed by atoms with van der Waals surface area (Å²) in [7, 11) is 1.92. The van der Waals surface area contributed by atoms with Crippen LogP contribution in [0, 0.1) is 11.8 Å². The highest BCUT2D eigenvalue weighted by Gasteiger charge is 2.48. The molecule has 182 valence electrons. The van der Waals surface area contributed by atoms with Crippen LogP contribution in [0.2, 0.25) is 0 Å². The molecule has 4 atom stereocenters. The zero-order chi connectivity index (χ0) is 23.3. The molecular formula is C29H40N4O. The van der Waals surface area contributed by atoms with Crippen molar-refractivity contribution >= 4 is 5.91 Å². The number of hydrogen-bond acceptors (Lipinski definition) is 4. The van der Waals surface area contributed by atoms with Crippen molar-refractivity contribution in [2.24, 2.45) is 11.8 Å². The number of amides is 1. The van der Waals surface area contributed by atoms with Gasteiger partial charge in [0.05, 0.1) is 0 Å². The topological polar surface area (TPSA) is 39.7 Å². The van der Waals surface area contributed by atoms with Crippen molar-refractivity contribution in [2.75, 3.05) is 26.7 Å². The highest BCUT2D eigenvalue weighted by molar-refractivity contribution is 5.75. The number of piperidine rings is 3. The number of hydrogen-bond donors (Lipinski definition) is 0. The summed E-state index contributed by atoms with van der Waals surface area (Å²) >= 11 is 0. The minimum Gasteiger partial charge on any atom is -0.341 e. The standard InChI is InChI=1S/C29H40N4O/c1-31(20-24-11-6-16-30-19-24)28(34)15-5-14-27-26-13-8-18-32-17-7-12-25(29(26)32)22-33(27)21-23-9-3-2-4-10-23/h2-4,6,9-11,16,19,25-27,29H,5,7-8,12-15,17-18,20-22H2,1H3/t25-,26+,27+,29-/m0/s1. The summed E-state index contributed by atoms with van der Waals surface area (Å²) in [5.41, 5.74) is 2.51. The molecule has 1 amide bonds. The van der Waals surface area contributed by atoms with Crippen molar-refractivity contribution in [3.8, 4) is 0 Å². The Bertz CT molecular complexity index is 918. The van der Waals surface area contributed by atoms with Crippen LogP contribution in [-0.2, 0) is 17.9 Å². The molecule has 1 aromatic carbocycles. The van der Waals surface area contributed by atoms with Gasteiger partial charge in [-0.1, -0.05) is 36.4 Å². The van der Waals surface area contributed by atoms with Crippen LogP contribution in [0.25, 0.3) is 0 Å². The van der Waals surface area contributed by atoms with Gasteiger partial charge in [-0.25, -0.2) is 0 Å². The van der Waals surface area contributed by atoms with E-state index < -0.39 is 0 Å². The third-order valence-corrected chi connectivity index (χ3v) is 8.47. The maximum atomic E-state index is 12.9. The molecule has 3 aliphatic heterocycles. The van der Waals surface area contributed by atoms with E-state index in [0.29, 0.717) is 19.0 Å². The monoisotopic (exact) mass is 460 g/mol. The fraction of sp³-hybridized carbons (Fsp3) is 0.586. The van der Waals surface area contributed by atoms with Crippen molar-refractivity contribution in [1.29, 1.82) is 0 Å². The van der Waals surface area contributed by atoms with Gasteiger partial charge in [-0.3, -0.25) is 19.6 Å². The van der Waals surface area contributed by atoms with E-state index >= 15 is 0 Å². The Labute approximate surface area is 205 Å². The number of benzene rings is 1. The van der Waals surface area contributed by atoms with Gasteiger partial charge in [-0.15, -0.1) is 0 Å². The lowest BCUT2D eigenvalue weighted by molar-refractivity contribution is -0.130. The molecule has 0 spiro atoms. The number of likely N-dealkylation sites (tertiary alicyclic amines) is 1. The van der Waals surface area contributed by atoms with Crippen LogP contribution in [0.3, 0.4) is 0 Å². The summed E-state index contributed by atoms with van der Waals surface area (Å²) in [6.07, 6.45) is 11.8. The lowest BCUT2D eigenvalue weighted by atomic mass is 9.69. The second kappa shape index (κ2) is 11.0. The van der Waals surface area contributed by atoms with Crippen LogP contribution in [-0.4, -0.2) is 64.4 Å². The van der Waals surface area contributed by atoms with Crippen molar-refractivity contribution in [2.45, 2.75) is 70.1 Å². The van der Waals surface area contributed by atoms with E-state index in [-0.39, 0.29) is 5.91 Å². The Kier molecular flexibility index (Phi) is 7.60. The van der Waals surface area contributed by atoms with Gasteiger partial charge < -0.3 is 4.90 Å². The number of carbonyl (C=O) groups excluding carboxylic acids is 1. The van der Waals surface area contributed by atoms with Crippen molar-refractivity contribution in [1.82, 2.24) is 19.7 Å². The van der Waals surface area contributed by atoms with E-state index in [2.05, 4.69) is 45.1 Å². The minimum absolute atomic E-state index is 0.245. The zero-order valence-electron chi connectivity index (χ0n) is 20.7. The third kappa shape index (κ3) is 5.36. The molecule has 3 fully saturated rings. The number of pyridine rings is 1. The zero-order valence-corrected chi connectivity index (χ0v) is 20.7. The van der Waals surface area contributed by atoms with E-state index in [1.54, 1.807) is 6.20 Å². The highest BCUT2D eigenvalue weighted by atomic mass is 16.2. The molecule has 0 N–H and O–H groups in total. The van der Waals surface area contributed by atoms with Crippen LogP contribution in [0.1, 0.15) is 56.1 Å². The smallest absolute Gasteiger partial charge is 0.222 e. The maximum Gasteiger partial charge on any atom is 0.222 e. The average Bonchev–Trinajstić information content (AvgIpc) is 2.87. The van der Waals surface area contributed by atoms with Crippen LogP contribution in [0.5, 0.6) is 0 Å². The van der Waals surface area contributed by atoms with E-state index in [1.807, 2.05) is 30.3 Å². The SMILES string of the molecule is CN(Cc1cccnc1)C(=O)CCC[C@@H]1[C@H]2CCCN3CCC[C@@H](CN1Cc1ccccc1)[C@@H]23. The first-order chi connectivity index (χ1) is 16.7.